The molecule has 23 heavy (non-hydrogen) atoms. The Morgan fingerprint density at radius 3 is 2.65 bits per heavy atom. The number of carbonyl (C=O) groups excluding carboxylic acids is 1. The van der Waals surface area contributed by atoms with Crippen molar-refractivity contribution in [3.05, 3.63) is 23.8 Å². The van der Waals surface area contributed by atoms with Gasteiger partial charge in [0.15, 0.2) is 11.5 Å². The van der Waals surface area contributed by atoms with Gasteiger partial charge in [-0.2, -0.15) is 0 Å². The van der Waals surface area contributed by atoms with Crippen LogP contribution in [0.2, 0.25) is 0 Å². The van der Waals surface area contributed by atoms with Gasteiger partial charge in [-0.3, -0.25) is 4.79 Å². The summed E-state index contributed by atoms with van der Waals surface area (Å²) < 4.78 is 16.3. The fourth-order valence-corrected chi connectivity index (χ4v) is 2.97. The standard InChI is InChI=1S/C18H27NO4/c1-4-22-18(20)15-7-9-19(10-8-15)11-12-23-16-6-5-14(2)13-17(16)21-3/h5-6,13,15H,4,7-12H2,1-3H3/p+1. The number of methoxy groups -OCH3 is 1. The highest BCUT2D eigenvalue weighted by molar-refractivity contribution is 5.72. The van der Waals surface area contributed by atoms with E-state index in [1.165, 1.54) is 4.90 Å². The van der Waals surface area contributed by atoms with Crippen LogP contribution in [0.4, 0.5) is 0 Å². The van der Waals surface area contributed by atoms with Crippen LogP contribution < -0.4 is 14.4 Å². The lowest BCUT2D eigenvalue weighted by molar-refractivity contribution is -0.905. The number of carbonyl (C=O) groups is 1. The number of quaternary nitrogens is 1. The minimum absolute atomic E-state index is 0.0350. The van der Waals surface area contributed by atoms with Gasteiger partial charge in [0.1, 0.15) is 13.2 Å². The average molecular weight is 322 g/mol. The van der Waals surface area contributed by atoms with E-state index >= 15 is 0 Å². The minimum atomic E-state index is -0.0350. The third kappa shape index (κ3) is 5.13. The first-order valence-corrected chi connectivity index (χ1v) is 8.41. The van der Waals surface area contributed by atoms with Gasteiger partial charge in [0, 0.05) is 12.8 Å². The summed E-state index contributed by atoms with van der Waals surface area (Å²) in [5.74, 6) is 1.61. The first-order chi connectivity index (χ1) is 11.1. The number of esters is 1. The van der Waals surface area contributed by atoms with Crippen molar-refractivity contribution in [1.82, 2.24) is 0 Å². The van der Waals surface area contributed by atoms with Gasteiger partial charge in [-0.1, -0.05) is 6.07 Å². The average Bonchev–Trinajstić information content (AvgIpc) is 2.57. The molecule has 2 rings (SSSR count). The normalized spacial score (nSPS) is 20.8. The largest absolute Gasteiger partial charge is 0.493 e. The van der Waals surface area contributed by atoms with Gasteiger partial charge in [-0.15, -0.1) is 0 Å². The number of rotatable bonds is 7. The SMILES string of the molecule is CCOC(=O)C1CC[NH+](CCOc2ccc(C)cc2OC)CC1. The quantitative estimate of drug-likeness (QED) is 0.768. The van der Waals surface area contributed by atoms with E-state index in [1.54, 1.807) is 7.11 Å². The summed E-state index contributed by atoms with van der Waals surface area (Å²) in [6.07, 6.45) is 1.81. The molecular formula is C18H28NO4+. The zero-order valence-corrected chi connectivity index (χ0v) is 14.4. The van der Waals surface area contributed by atoms with Crippen molar-refractivity contribution < 1.29 is 23.9 Å². The van der Waals surface area contributed by atoms with Gasteiger partial charge in [-0.25, -0.2) is 0 Å². The van der Waals surface area contributed by atoms with Crippen LogP contribution >= 0.6 is 0 Å². The number of hydrogen-bond donors (Lipinski definition) is 1. The van der Waals surface area contributed by atoms with Gasteiger partial charge in [0.25, 0.3) is 0 Å². The van der Waals surface area contributed by atoms with E-state index in [2.05, 4.69) is 0 Å². The number of piperidine rings is 1. The van der Waals surface area contributed by atoms with Gasteiger partial charge in [0.2, 0.25) is 0 Å². The monoisotopic (exact) mass is 322 g/mol. The molecular weight excluding hydrogens is 294 g/mol. The van der Waals surface area contributed by atoms with Crippen LogP contribution in [0.15, 0.2) is 18.2 Å². The summed E-state index contributed by atoms with van der Waals surface area (Å²) in [6.45, 7) is 7.94. The van der Waals surface area contributed by atoms with Crippen molar-refractivity contribution >= 4 is 5.97 Å². The van der Waals surface area contributed by atoms with E-state index in [1.807, 2.05) is 32.0 Å². The van der Waals surface area contributed by atoms with Crippen LogP contribution in [0.5, 0.6) is 11.5 Å². The Hall–Kier alpha value is -1.75. The molecule has 0 aliphatic carbocycles. The maximum Gasteiger partial charge on any atom is 0.309 e. The molecule has 1 fully saturated rings. The summed E-state index contributed by atoms with van der Waals surface area (Å²) in [6, 6.07) is 5.96. The number of hydrogen-bond acceptors (Lipinski definition) is 4. The highest BCUT2D eigenvalue weighted by Crippen LogP contribution is 2.27. The molecule has 5 nitrogen and oxygen atoms in total. The van der Waals surface area contributed by atoms with Crippen molar-refractivity contribution in [1.29, 1.82) is 0 Å². The molecule has 0 amide bonds. The van der Waals surface area contributed by atoms with E-state index in [4.69, 9.17) is 14.2 Å². The number of likely N-dealkylation sites (tertiary alicyclic amines) is 1. The van der Waals surface area contributed by atoms with Crippen LogP contribution in [0.1, 0.15) is 25.3 Å². The predicted molar refractivity (Wildman–Crippen MR) is 88.1 cm³/mol. The molecule has 1 heterocycles. The first-order valence-electron chi connectivity index (χ1n) is 8.41. The highest BCUT2D eigenvalue weighted by Gasteiger charge is 2.28. The Bertz CT molecular complexity index is 510. The zero-order chi connectivity index (χ0) is 16.7. The molecule has 0 radical (unpaired) electrons. The fraction of sp³-hybridized carbons (Fsp3) is 0.611. The van der Waals surface area contributed by atoms with Gasteiger partial charge in [0.05, 0.1) is 32.7 Å². The Balaban J connectivity index is 1.73. The van der Waals surface area contributed by atoms with Crippen LogP contribution in [0.3, 0.4) is 0 Å². The van der Waals surface area contributed by atoms with Gasteiger partial charge >= 0.3 is 5.97 Å². The third-order valence-corrected chi connectivity index (χ3v) is 4.34. The lowest BCUT2D eigenvalue weighted by Crippen LogP contribution is -3.13. The number of benzene rings is 1. The molecule has 1 N–H and O–H groups in total. The van der Waals surface area contributed by atoms with Crippen LogP contribution in [-0.4, -0.2) is 45.9 Å². The molecule has 1 aliphatic heterocycles. The molecule has 5 heteroatoms. The lowest BCUT2D eigenvalue weighted by Gasteiger charge is -2.28. The maximum absolute atomic E-state index is 11.7. The van der Waals surface area contributed by atoms with Gasteiger partial charge < -0.3 is 19.1 Å². The minimum Gasteiger partial charge on any atom is -0.493 e. The second-order valence-corrected chi connectivity index (χ2v) is 6.03. The van der Waals surface area contributed by atoms with E-state index in [0.29, 0.717) is 13.2 Å². The fourth-order valence-electron chi connectivity index (χ4n) is 2.97. The van der Waals surface area contributed by atoms with Gasteiger partial charge in [-0.05, 0) is 31.5 Å². The van der Waals surface area contributed by atoms with Crippen molar-refractivity contribution in [2.24, 2.45) is 5.92 Å². The smallest absolute Gasteiger partial charge is 0.309 e. The van der Waals surface area contributed by atoms with E-state index in [0.717, 1.165) is 49.5 Å². The molecule has 1 saturated heterocycles. The Kier molecular flexibility index (Phi) is 6.71. The van der Waals surface area contributed by atoms with Crippen molar-refractivity contribution in [2.75, 3.05) is 40.0 Å². The van der Waals surface area contributed by atoms with Crippen molar-refractivity contribution in [3.63, 3.8) is 0 Å². The van der Waals surface area contributed by atoms with Crippen LogP contribution in [0, 0.1) is 12.8 Å². The number of aryl methyl sites for hydroxylation is 1. The second kappa shape index (κ2) is 8.77. The van der Waals surface area contributed by atoms with E-state index in [-0.39, 0.29) is 11.9 Å². The molecule has 1 aliphatic rings. The van der Waals surface area contributed by atoms with Crippen LogP contribution in [0.25, 0.3) is 0 Å². The summed E-state index contributed by atoms with van der Waals surface area (Å²) in [5, 5.41) is 0. The summed E-state index contributed by atoms with van der Waals surface area (Å²) in [7, 11) is 1.66. The summed E-state index contributed by atoms with van der Waals surface area (Å²) in [5.41, 5.74) is 1.15. The lowest BCUT2D eigenvalue weighted by atomic mass is 9.97. The topological polar surface area (TPSA) is 49.2 Å². The molecule has 0 saturated carbocycles. The maximum atomic E-state index is 11.7. The molecule has 128 valence electrons. The predicted octanol–water partition coefficient (Wildman–Crippen LogP) is 1.24. The number of ether oxygens (including phenoxy) is 3. The molecule has 0 unspecified atom stereocenters. The molecule has 1 aromatic rings. The molecule has 1 aromatic carbocycles. The summed E-state index contributed by atoms with van der Waals surface area (Å²) >= 11 is 0. The Morgan fingerprint density at radius 2 is 2.00 bits per heavy atom. The van der Waals surface area contributed by atoms with Crippen LogP contribution in [-0.2, 0) is 9.53 Å². The molecule has 0 spiro atoms. The second-order valence-electron chi connectivity index (χ2n) is 6.03. The Labute approximate surface area is 138 Å². The first kappa shape index (κ1) is 17.6. The number of nitrogens with one attached hydrogen (secondary N) is 1. The Morgan fingerprint density at radius 1 is 1.26 bits per heavy atom. The van der Waals surface area contributed by atoms with E-state index in [9.17, 15) is 4.79 Å². The van der Waals surface area contributed by atoms with Crippen molar-refractivity contribution in [2.45, 2.75) is 26.7 Å². The molecule has 0 bridgehead atoms. The zero-order valence-electron chi connectivity index (χ0n) is 14.4. The highest BCUT2D eigenvalue weighted by atomic mass is 16.5. The van der Waals surface area contributed by atoms with Crippen molar-refractivity contribution in [3.8, 4) is 11.5 Å². The molecule has 0 atom stereocenters. The van der Waals surface area contributed by atoms with E-state index < -0.39 is 0 Å². The molecule has 0 aromatic heterocycles. The summed E-state index contributed by atoms with van der Waals surface area (Å²) in [4.78, 5) is 13.2. The third-order valence-electron chi connectivity index (χ3n) is 4.34.